The fraction of sp³-hybridized carbons (Fsp3) is 0.500. The van der Waals surface area contributed by atoms with Crippen LogP contribution < -0.4 is 5.32 Å². The molecule has 5 heteroatoms. The van der Waals surface area contributed by atoms with E-state index < -0.39 is 12.1 Å². The van der Waals surface area contributed by atoms with Crippen LogP contribution in [0.3, 0.4) is 0 Å². The van der Waals surface area contributed by atoms with Gasteiger partial charge in [-0.15, -0.1) is 0 Å². The standard InChI is InChI=1S/C16H22N2O3/c1-10(2)14(16(21)18-8-13(19)9-18)17-15(20)12-6-4-5-11(3)7-12/h4-7,10,13-14,19H,8-9H2,1-3H3,(H,17,20). The third-order valence-electron chi connectivity index (χ3n) is 3.67. The number of nitrogens with one attached hydrogen (secondary N) is 1. The highest BCUT2D eigenvalue weighted by atomic mass is 16.3. The van der Waals surface area contributed by atoms with Crippen molar-refractivity contribution < 1.29 is 14.7 Å². The van der Waals surface area contributed by atoms with Gasteiger partial charge in [0.05, 0.1) is 6.10 Å². The Balaban J connectivity index is 2.06. The molecule has 0 aliphatic carbocycles. The van der Waals surface area contributed by atoms with Gasteiger partial charge in [-0.25, -0.2) is 0 Å². The molecular weight excluding hydrogens is 268 g/mol. The molecule has 2 N–H and O–H groups in total. The van der Waals surface area contributed by atoms with E-state index in [4.69, 9.17) is 0 Å². The fourth-order valence-corrected chi connectivity index (χ4v) is 2.36. The molecule has 0 bridgehead atoms. The van der Waals surface area contributed by atoms with Crippen LogP contribution in [-0.2, 0) is 4.79 Å². The second-order valence-electron chi connectivity index (χ2n) is 5.96. The highest BCUT2D eigenvalue weighted by Gasteiger charge is 2.35. The van der Waals surface area contributed by atoms with Crippen molar-refractivity contribution in [3.8, 4) is 0 Å². The van der Waals surface area contributed by atoms with Crippen molar-refractivity contribution in [3.63, 3.8) is 0 Å². The van der Waals surface area contributed by atoms with E-state index in [2.05, 4.69) is 5.32 Å². The molecule has 21 heavy (non-hydrogen) atoms. The summed E-state index contributed by atoms with van der Waals surface area (Å²) in [4.78, 5) is 26.2. The molecule has 1 heterocycles. The quantitative estimate of drug-likeness (QED) is 0.867. The zero-order valence-corrected chi connectivity index (χ0v) is 12.7. The average molecular weight is 290 g/mol. The van der Waals surface area contributed by atoms with Gasteiger partial charge in [0, 0.05) is 18.7 Å². The number of benzene rings is 1. The van der Waals surface area contributed by atoms with Crippen molar-refractivity contribution in [1.82, 2.24) is 10.2 Å². The van der Waals surface area contributed by atoms with Gasteiger partial charge in [-0.1, -0.05) is 31.5 Å². The molecular formula is C16H22N2O3. The van der Waals surface area contributed by atoms with E-state index in [1.165, 1.54) is 0 Å². The number of rotatable bonds is 4. The summed E-state index contributed by atoms with van der Waals surface area (Å²) >= 11 is 0. The lowest BCUT2D eigenvalue weighted by atomic mass is 9.99. The van der Waals surface area contributed by atoms with Crippen LogP contribution in [0.1, 0.15) is 29.8 Å². The third-order valence-corrected chi connectivity index (χ3v) is 3.67. The van der Waals surface area contributed by atoms with Crippen LogP contribution in [-0.4, -0.2) is 47.1 Å². The molecule has 2 rings (SSSR count). The Kier molecular flexibility index (Phi) is 4.63. The first-order valence-electron chi connectivity index (χ1n) is 7.23. The van der Waals surface area contributed by atoms with Gasteiger partial charge in [0.25, 0.3) is 5.91 Å². The van der Waals surface area contributed by atoms with E-state index in [-0.39, 0.29) is 17.7 Å². The first-order valence-corrected chi connectivity index (χ1v) is 7.23. The van der Waals surface area contributed by atoms with E-state index in [9.17, 15) is 14.7 Å². The summed E-state index contributed by atoms with van der Waals surface area (Å²) in [5, 5.41) is 12.1. The van der Waals surface area contributed by atoms with Crippen LogP contribution >= 0.6 is 0 Å². The molecule has 1 aliphatic rings. The molecule has 1 saturated heterocycles. The van der Waals surface area contributed by atoms with Gasteiger partial charge < -0.3 is 15.3 Å². The summed E-state index contributed by atoms with van der Waals surface area (Å²) in [6.07, 6.45) is -0.436. The Bertz CT molecular complexity index is 536. The molecule has 0 radical (unpaired) electrons. The third kappa shape index (κ3) is 3.61. The Morgan fingerprint density at radius 2 is 2.00 bits per heavy atom. The Labute approximate surface area is 125 Å². The first-order chi connectivity index (χ1) is 9.88. The van der Waals surface area contributed by atoms with Gasteiger partial charge in [0.2, 0.25) is 5.91 Å². The van der Waals surface area contributed by atoms with E-state index in [1.54, 1.807) is 17.0 Å². The molecule has 1 aromatic rings. The second-order valence-corrected chi connectivity index (χ2v) is 5.96. The normalized spacial score (nSPS) is 16.5. The van der Waals surface area contributed by atoms with Crippen LogP contribution in [0.15, 0.2) is 24.3 Å². The topological polar surface area (TPSA) is 69.6 Å². The molecule has 1 aliphatic heterocycles. The number of β-amino-alcohol motifs (C(OH)–C–C–N with tert-alkyl or cyclic N) is 1. The van der Waals surface area contributed by atoms with Gasteiger partial charge in [-0.2, -0.15) is 0 Å². The first kappa shape index (κ1) is 15.5. The zero-order valence-electron chi connectivity index (χ0n) is 12.7. The summed E-state index contributed by atoms with van der Waals surface area (Å²) in [7, 11) is 0. The van der Waals surface area contributed by atoms with Crippen molar-refractivity contribution in [2.45, 2.75) is 32.9 Å². The number of aliphatic hydroxyl groups is 1. The van der Waals surface area contributed by atoms with E-state index in [1.807, 2.05) is 32.9 Å². The van der Waals surface area contributed by atoms with Gasteiger partial charge in [0.1, 0.15) is 6.04 Å². The number of aryl methyl sites for hydroxylation is 1. The number of carbonyl (C=O) groups excluding carboxylic acids is 2. The van der Waals surface area contributed by atoms with Crippen molar-refractivity contribution in [2.75, 3.05) is 13.1 Å². The molecule has 0 saturated carbocycles. The van der Waals surface area contributed by atoms with Gasteiger partial charge in [0.15, 0.2) is 0 Å². The zero-order chi connectivity index (χ0) is 15.6. The second kappa shape index (κ2) is 6.26. The molecule has 1 unspecified atom stereocenters. The van der Waals surface area contributed by atoms with Crippen molar-refractivity contribution in [3.05, 3.63) is 35.4 Å². The van der Waals surface area contributed by atoms with Crippen molar-refractivity contribution in [1.29, 1.82) is 0 Å². The van der Waals surface area contributed by atoms with Crippen LogP contribution in [0.4, 0.5) is 0 Å². The number of hydrogen-bond donors (Lipinski definition) is 2. The van der Waals surface area contributed by atoms with E-state index >= 15 is 0 Å². The minimum atomic E-state index is -0.564. The Hall–Kier alpha value is -1.88. The lowest BCUT2D eigenvalue weighted by Crippen LogP contribution is -2.60. The molecule has 1 aromatic carbocycles. The van der Waals surface area contributed by atoms with Gasteiger partial charge in [-0.05, 0) is 25.0 Å². The van der Waals surface area contributed by atoms with E-state index in [0.29, 0.717) is 18.7 Å². The number of amides is 2. The highest BCUT2D eigenvalue weighted by molar-refractivity contribution is 5.97. The molecule has 2 amide bonds. The van der Waals surface area contributed by atoms with Crippen LogP contribution in [0.5, 0.6) is 0 Å². The molecule has 0 aromatic heterocycles. The lowest BCUT2D eigenvalue weighted by molar-refractivity contribution is -0.144. The SMILES string of the molecule is Cc1cccc(C(=O)NC(C(=O)N2CC(O)C2)C(C)C)c1. The lowest BCUT2D eigenvalue weighted by Gasteiger charge is -2.39. The maximum absolute atomic E-state index is 12.3. The van der Waals surface area contributed by atoms with Crippen LogP contribution in [0.2, 0.25) is 0 Å². The largest absolute Gasteiger partial charge is 0.389 e. The highest BCUT2D eigenvalue weighted by Crippen LogP contribution is 2.14. The number of nitrogens with zero attached hydrogens (tertiary/aromatic N) is 1. The summed E-state index contributed by atoms with van der Waals surface area (Å²) < 4.78 is 0. The predicted octanol–water partition coefficient (Wildman–Crippen LogP) is 0.953. The summed E-state index contributed by atoms with van der Waals surface area (Å²) in [5.74, 6) is -0.382. The summed E-state index contributed by atoms with van der Waals surface area (Å²) in [6.45, 7) is 6.42. The number of hydrogen-bond acceptors (Lipinski definition) is 3. The molecule has 0 spiro atoms. The maximum Gasteiger partial charge on any atom is 0.251 e. The summed E-state index contributed by atoms with van der Waals surface area (Å²) in [5.41, 5.74) is 1.55. The van der Waals surface area contributed by atoms with Gasteiger partial charge in [-0.3, -0.25) is 9.59 Å². The molecule has 1 fully saturated rings. The number of aliphatic hydroxyl groups excluding tert-OH is 1. The van der Waals surface area contributed by atoms with Crippen molar-refractivity contribution >= 4 is 11.8 Å². The maximum atomic E-state index is 12.3. The molecule has 1 atom stereocenters. The smallest absolute Gasteiger partial charge is 0.251 e. The van der Waals surface area contributed by atoms with Crippen LogP contribution in [0, 0.1) is 12.8 Å². The predicted molar refractivity (Wildman–Crippen MR) is 79.9 cm³/mol. The fourth-order valence-electron chi connectivity index (χ4n) is 2.36. The minimum Gasteiger partial charge on any atom is -0.389 e. The van der Waals surface area contributed by atoms with Crippen LogP contribution in [0.25, 0.3) is 0 Å². The van der Waals surface area contributed by atoms with Crippen molar-refractivity contribution in [2.24, 2.45) is 5.92 Å². The number of carbonyl (C=O) groups is 2. The Morgan fingerprint density at radius 1 is 1.33 bits per heavy atom. The molecule has 5 nitrogen and oxygen atoms in total. The number of likely N-dealkylation sites (tertiary alicyclic amines) is 1. The van der Waals surface area contributed by atoms with Gasteiger partial charge >= 0.3 is 0 Å². The monoisotopic (exact) mass is 290 g/mol. The summed E-state index contributed by atoms with van der Waals surface area (Å²) in [6, 6.07) is 6.71. The van der Waals surface area contributed by atoms with E-state index in [0.717, 1.165) is 5.56 Å². The minimum absolute atomic E-state index is 0.0102. The molecule has 114 valence electrons. The Morgan fingerprint density at radius 3 is 2.52 bits per heavy atom. The average Bonchev–Trinajstić information content (AvgIpc) is 2.40.